The highest BCUT2D eigenvalue weighted by Crippen LogP contribution is 1.99. The summed E-state index contributed by atoms with van der Waals surface area (Å²) in [7, 11) is 0. The number of hydrogen-bond donors (Lipinski definition) is 2. The monoisotopic (exact) mass is 477 g/mol. The molecule has 0 aliphatic carbocycles. The number of esters is 3. The van der Waals surface area contributed by atoms with E-state index in [0.29, 0.717) is 0 Å². The van der Waals surface area contributed by atoms with Gasteiger partial charge in [-0.25, -0.2) is 0 Å². The molecule has 0 radical (unpaired) electrons. The minimum absolute atomic E-state index is 0.126. The van der Waals surface area contributed by atoms with Gasteiger partial charge in [-0.15, -0.1) is 0 Å². The second-order valence-electron chi connectivity index (χ2n) is 6.90. The Bertz CT molecular complexity index is 600. The molecule has 0 aliphatic rings. The zero-order chi connectivity index (χ0) is 25.2. The standard InChI is InChI=1S/C20H35N3O10/c1-4-31-18(28)13-21(7-9-22(11-16(24)25)14-19(29)32-5-2)8-10-23(12-17(26)27)15-20(30)33-6-3/h4-15H2,1-3H3,(H,24,25)(H,26,27). The van der Waals surface area contributed by atoms with Crippen molar-refractivity contribution < 1.29 is 48.4 Å². The lowest BCUT2D eigenvalue weighted by Crippen LogP contribution is -2.46. The van der Waals surface area contributed by atoms with Gasteiger partial charge in [0.2, 0.25) is 0 Å². The van der Waals surface area contributed by atoms with Crippen molar-refractivity contribution in [2.24, 2.45) is 0 Å². The van der Waals surface area contributed by atoms with Crippen molar-refractivity contribution >= 4 is 29.8 Å². The highest BCUT2D eigenvalue weighted by atomic mass is 16.5. The number of nitrogens with zero attached hydrogens (tertiary/aromatic N) is 3. The Morgan fingerprint density at radius 1 is 0.515 bits per heavy atom. The maximum atomic E-state index is 12.0. The van der Waals surface area contributed by atoms with Crippen LogP contribution in [-0.4, -0.2) is 133 Å². The molecule has 0 unspecified atom stereocenters. The number of ether oxygens (including phenoxy) is 3. The van der Waals surface area contributed by atoms with Crippen LogP contribution in [0.3, 0.4) is 0 Å². The van der Waals surface area contributed by atoms with Crippen LogP contribution in [0.4, 0.5) is 0 Å². The minimum atomic E-state index is -1.13. The third kappa shape index (κ3) is 16.5. The molecule has 0 spiro atoms. The van der Waals surface area contributed by atoms with E-state index in [4.69, 9.17) is 24.4 Å². The van der Waals surface area contributed by atoms with Gasteiger partial charge < -0.3 is 24.4 Å². The number of hydrogen-bond acceptors (Lipinski definition) is 11. The maximum absolute atomic E-state index is 12.0. The van der Waals surface area contributed by atoms with E-state index in [-0.39, 0.29) is 65.6 Å². The van der Waals surface area contributed by atoms with Gasteiger partial charge >= 0.3 is 29.8 Å². The molecule has 0 heterocycles. The van der Waals surface area contributed by atoms with E-state index in [2.05, 4.69) is 0 Å². The number of carboxylic acid groups (broad SMARTS) is 2. The van der Waals surface area contributed by atoms with Crippen molar-refractivity contribution in [1.82, 2.24) is 14.7 Å². The van der Waals surface area contributed by atoms with Crippen molar-refractivity contribution in [3.63, 3.8) is 0 Å². The SMILES string of the molecule is CCOC(=O)CN(CCN(CC(=O)O)CC(=O)OCC)CCN(CC(=O)O)CC(=O)OCC. The van der Waals surface area contributed by atoms with Crippen LogP contribution in [0.15, 0.2) is 0 Å². The van der Waals surface area contributed by atoms with Gasteiger partial charge in [-0.2, -0.15) is 0 Å². The number of rotatable bonds is 19. The Balaban J connectivity index is 5.19. The van der Waals surface area contributed by atoms with Crippen LogP contribution in [-0.2, 0) is 38.2 Å². The van der Waals surface area contributed by atoms with Gasteiger partial charge in [0.15, 0.2) is 0 Å². The van der Waals surface area contributed by atoms with Gasteiger partial charge in [-0.05, 0) is 20.8 Å². The zero-order valence-electron chi connectivity index (χ0n) is 19.5. The van der Waals surface area contributed by atoms with Gasteiger partial charge in [-0.3, -0.25) is 38.7 Å². The molecule has 0 saturated heterocycles. The van der Waals surface area contributed by atoms with E-state index >= 15 is 0 Å². The van der Waals surface area contributed by atoms with Crippen LogP contribution in [0.25, 0.3) is 0 Å². The Morgan fingerprint density at radius 2 is 0.788 bits per heavy atom. The lowest BCUT2D eigenvalue weighted by Gasteiger charge is -2.28. The molecule has 2 N–H and O–H groups in total. The van der Waals surface area contributed by atoms with Crippen molar-refractivity contribution in [2.75, 3.05) is 78.7 Å². The first-order valence-electron chi connectivity index (χ1n) is 10.7. The Morgan fingerprint density at radius 3 is 1.06 bits per heavy atom. The van der Waals surface area contributed by atoms with Crippen molar-refractivity contribution in [2.45, 2.75) is 20.8 Å². The molecule has 0 atom stereocenters. The van der Waals surface area contributed by atoms with Crippen molar-refractivity contribution in [3.8, 4) is 0 Å². The first kappa shape index (κ1) is 30.2. The smallest absolute Gasteiger partial charge is 0.320 e. The first-order chi connectivity index (χ1) is 15.6. The summed E-state index contributed by atoms with van der Waals surface area (Å²) in [6.45, 7) is 4.65. The van der Waals surface area contributed by atoms with Crippen LogP contribution in [0.2, 0.25) is 0 Å². The largest absolute Gasteiger partial charge is 0.480 e. The van der Waals surface area contributed by atoms with Gasteiger partial charge in [0.05, 0.1) is 52.5 Å². The fraction of sp³-hybridized carbons (Fsp3) is 0.750. The van der Waals surface area contributed by atoms with E-state index < -0.39 is 42.9 Å². The van der Waals surface area contributed by atoms with Crippen LogP contribution in [0.5, 0.6) is 0 Å². The second kappa shape index (κ2) is 17.7. The maximum Gasteiger partial charge on any atom is 0.320 e. The van der Waals surface area contributed by atoms with E-state index in [1.54, 1.807) is 25.7 Å². The molecule has 190 valence electrons. The van der Waals surface area contributed by atoms with Gasteiger partial charge in [0.1, 0.15) is 0 Å². The van der Waals surface area contributed by atoms with Crippen LogP contribution in [0, 0.1) is 0 Å². The van der Waals surface area contributed by atoms with Crippen LogP contribution in [0.1, 0.15) is 20.8 Å². The minimum Gasteiger partial charge on any atom is -0.480 e. The second-order valence-corrected chi connectivity index (χ2v) is 6.90. The topological polar surface area (TPSA) is 163 Å². The molecule has 0 aliphatic heterocycles. The number of carboxylic acids is 2. The van der Waals surface area contributed by atoms with Crippen molar-refractivity contribution in [3.05, 3.63) is 0 Å². The molecule has 0 amide bonds. The van der Waals surface area contributed by atoms with Gasteiger partial charge in [0.25, 0.3) is 0 Å². The predicted octanol–water partition coefficient (Wildman–Crippen LogP) is -1.25. The van der Waals surface area contributed by atoms with Crippen LogP contribution < -0.4 is 0 Å². The summed E-state index contributed by atoms with van der Waals surface area (Å²) in [5.41, 5.74) is 0. The zero-order valence-corrected chi connectivity index (χ0v) is 19.5. The molecule has 0 aromatic rings. The Hall–Kier alpha value is -2.77. The average Bonchev–Trinajstić information content (AvgIpc) is 2.69. The third-order valence-electron chi connectivity index (χ3n) is 4.16. The normalized spacial score (nSPS) is 11.0. The first-order valence-corrected chi connectivity index (χ1v) is 10.7. The lowest BCUT2D eigenvalue weighted by molar-refractivity contribution is -0.147. The summed E-state index contributed by atoms with van der Waals surface area (Å²) in [6, 6.07) is 0. The van der Waals surface area contributed by atoms with E-state index in [1.165, 1.54) is 9.80 Å². The molecule has 13 nitrogen and oxygen atoms in total. The molecule has 13 heteroatoms. The Labute approximate surface area is 193 Å². The van der Waals surface area contributed by atoms with Gasteiger partial charge in [0, 0.05) is 26.2 Å². The van der Waals surface area contributed by atoms with Crippen molar-refractivity contribution in [1.29, 1.82) is 0 Å². The Kier molecular flexibility index (Phi) is 16.3. The molecule has 33 heavy (non-hydrogen) atoms. The summed E-state index contributed by atoms with van der Waals surface area (Å²) >= 11 is 0. The number of carbonyl (C=O) groups excluding carboxylic acids is 3. The molecule has 0 saturated carbocycles. The fourth-order valence-corrected chi connectivity index (χ4v) is 2.81. The van der Waals surface area contributed by atoms with E-state index in [0.717, 1.165) is 0 Å². The highest BCUT2D eigenvalue weighted by molar-refractivity contribution is 5.74. The summed E-state index contributed by atoms with van der Waals surface area (Å²) in [5.74, 6) is -3.91. The van der Waals surface area contributed by atoms with E-state index in [1.807, 2.05) is 0 Å². The summed E-state index contributed by atoms with van der Waals surface area (Å²) in [4.78, 5) is 62.2. The molecule has 0 bridgehead atoms. The highest BCUT2D eigenvalue weighted by Gasteiger charge is 2.20. The van der Waals surface area contributed by atoms with Gasteiger partial charge in [-0.1, -0.05) is 0 Å². The summed E-state index contributed by atoms with van der Waals surface area (Å²) in [5, 5.41) is 18.2. The van der Waals surface area contributed by atoms with Crippen LogP contribution >= 0.6 is 0 Å². The lowest BCUT2D eigenvalue weighted by atomic mass is 10.3. The summed E-state index contributed by atoms with van der Waals surface area (Å²) in [6.07, 6.45) is 0. The quantitative estimate of drug-likeness (QED) is 0.168. The molecule has 0 aromatic carbocycles. The average molecular weight is 478 g/mol. The third-order valence-corrected chi connectivity index (χ3v) is 4.16. The fourth-order valence-electron chi connectivity index (χ4n) is 2.81. The van der Waals surface area contributed by atoms with E-state index in [9.17, 15) is 24.0 Å². The number of aliphatic carboxylic acids is 2. The number of carbonyl (C=O) groups is 5. The molecule has 0 aromatic heterocycles. The summed E-state index contributed by atoms with van der Waals surface area (Å²) < 4.78 is 14.7. The molecular weight excluding hydrogens is 442 g/mol. The molecular formula is C20H35N3O10. The predicted molar refractivity (Wildman–Crippen MR) is 114 cm³/mol. The molecule has 0 rings (SSSR count). The molecule has 0 fully saturated rings.